The van der Waals surface area contributed by atoms with E-state index in [0.717, 1.165) is 12.1 Å². The molecule has 0 aromatic carbocycles. The van der Waals surface area contributed by atoms with Gasteiger partial charge in [0.25, 0.3) is 0 Å². The van der Waals surface area contributed by atoms with E-state index >= 15 is 0 Å². The first-order valence-electron chi connectivity index (χ1n) is 6.84. The maximum absolute atomic E-state index is 8.70. The number of nitrogens with zero attached hydrogens (tertiary/aromatic N) is 3. The van der Waals surface area contributed by atoms with Gasteiger partial charge in [-0.05, 0) is 43.9 Å². The molecule has 2 heterocycles. The molecule has 0 aliphatic carbocycles. The first-order valence-corrected chi connectivity index (χ1v) is 6.84. The Bertz CT molecular complexity index is 461. The summed E-state index contributed by atoms with van der Waals surface area (Å²) in [6.45, 7) is 5.42. The zero-order chi connectivity index (χ0) is 13.8. The average molecular weight is 262 g/mol. The summed E-state index contributed by atoms with van der Waals surface area (Å²) in [5, 5.41) is 11.7. The summed E-state index contributed by atoms with van der Waals surface area (Å²) in [4.78, 5) is 6.64. The summed E-state index contributed by atoms with van der Waals surface area (Å²) >= 11 is 0. The van der Waals surface area contributed by atoms with Gasteiger partial charge in [-0.1, -0.05) is 12.1 Å². The summed E-state index contributed by atoms with van der Waals surface area (Å²) in [5.74, 6) is 0.0587. The van der Waals surface area contributed by atoms with Crippen molar-refractivity contribution in [3.05, 3.63) is 29.6 Å². The predicted octanol–water partition coefficient (Wildman–Crippen LogP) is 1.94. The van der Waals surface area contributed by atoms with Crippen molar-refractivity contribution < 1.29 is 5.21 Å². The lowest BCUT2D eigenvalue weighted by molar-refractivity contribution is 0.189. The predicted molar refractivity (Wildman–Crippen MR) is 75.1 cm³/mol. The fourth-order valence-corrected chi connectivity index (χ4v) is 2.82. The van der Waals surface area contributed by atoms with E-state index in [4.69, 9.17) is 10.9 Å². The van der Waals surface area contributed by atoms with Crippen molar-refractivity contribution in [2.24, 2.45) is 10.9 Å². The van der Waals surface area contributed by atoms with Crippen LogP contribution in [0, 0.1) is 0 Å². The van der Waals surface area contributed by atoms with Crippen molar-refractivity contribution in [2.45, 2.75) is 51.7 Å². The van der Waals surface area contributed by atoms with E-state index in [2.05, 4.69) is 28.9 Å². The third kappa shape index (κ3) is 3.04. The quantitative estimate of drug-likeness (QED) is 0.376. The molecule has 1 aromatic heterocycles. The monoisotopic (exact) mass is 262 g/mol. The number of likely N-dealkylation sites (tertiary alicyclic amines) is 1. The molecule has 3 N–H and O–H groups in total. The number of pyridine rings is 1. The molecule has 104 valence electrons. The molecular weight excluding hydrogens is 240 g/mol. The highest BCUT2D eigenvalue weighted by Gasteiger charge is 2.28. The first-order chi connectivity index (χ1) is 9.15. The van der Waals surface area contributed by atoms with Crippen LogP contribution in [-0.4, -0.2) is 33.0 Å². The van der Waals surface area contributed by atoms with Gasteiger partial charge in [-0.25, -0.2) is 0 Å². The van der Waals surface area contributed by atoms with Crippen molar-refractivity contribution in [3.8, 4) is 0 Å². The normalized spacial score (nSPS) is 24.8. The molecule has 0 spiro atoms. The van der Waals surface area contributed by atoms with E-state index in [-0.39, 0.29) is 5.84 Å². The average Bonchev–Trinajstić information content (AvgIpc) is 2.79. The minimum Gasteiger partial charge on any atom is -0.409 e. The molecule has 5 heteroatoms. The van der Waals surface area contributed by atoms with Gasteiger partial charge in [0, 0.05) is 24.8 Å². The molecule has 1 aliphatic rings. The van der Waals surface area contributed by atoms with Crippen LogP contribution in [0.1, 0.15) is 44.4 Å². The summed E-state index contributed by atoms with van der Waals surface area (Å²) in [6.07, 6.45) is 5.43. The second kappa shape index (κ2) is 6.02. The van der Waals surface area contributed by atoms with Gasteiger partial charge in [0.05, 0.1) is 0 Å². The van der Waals surface area contributed by atoms with E-state index in [9.17, 15) is 0 Å². The van der Waals surface area contributed by atoms with Crippen molar-refractivity contribution >= 4 is 5.84 Å². The minimum atomic E-state index is 0.0587. The number of amidine groups is 1. The molecule has 1 fully saturated rings. The molecule has 2 rings (SSSR count). The Labute approximate surface area is 114 Å². The van der Waals surface area contributed by atoms with E-state index < -0.39 is 0 Å². The topological polar surface area (TPSA) is 74.7 Å². The zero-order valence-corrected chi connectivity index (χ0v) is 11.6. The highest BCUT2D eigenvalue weighted by Crippen LogP contribution is 2.27. The van der Waals surface area contributed by atoms with E-state index in [1.165, 1.54) is 19.3 Å². The Kier molecular flexibility index (Phi) is 4.37. The summed E-state index contributed by atoms with van der Waals surface area (Å²) < 4.78 is 0. The van der Waals surface area contributed by atoms with Crippen molar-refractivity contribution in [1.29, 1.82) is 0 Å². The molecule has 5 nitrogen and oxygen atoms in total. The fourth-order valence-electron chi connectivity index (χ4n) is 2.82. The number of hydrogen-bond donors (Lipinski definition) is 2. The molecule has 0 amide bonds. The van der Waals surface area contributed by atoms with Crippen molar-refractivity contribution in [1.82, 2.24) is 9.88 Å². The summed E-state index contributed by atoms with van der Waals surface area (Å²) in [7, 11) is 0. The fraction of sp³-hybridized carbons (Fsp3) is 0.571. The molecule has 1 aromatic rings. The summed E-state index contributed by atoms with van der Waals surface area (Å²) in [5.41, 5.74) is 7.26. The largest absolute Gasteiger partial charge is 0.409 e. The molecule has 1 saturated heterocycles. The Balaban J connectivity index is 2.14. The molecule has 0 radical (unpaired) electrons. The van der Waals surface area contributed by atoms with Gasteiger partial charge in [-0.3, -0.25) is 9.88 Å². The molecule has 2 atom stereocenters. The van der Waals surface area contributed by atoms with Crippen LogP contribution in [0.15, 0.2) is 23.5 Å². The van der Waals surface area contributed by atoms with Gasteiger partial charge in [0.15, 0.2) is 5.84 Å². The Morgan fingerprint density at radius 3 is 3.05 bits per heavy atom. The molecule has 1 aliphatic heterocycles. The minimum absolute atomic E-state index is 0.0587. The Morgan fingerprint density at radius 1 is 1.58 bits per heavy atom. The highest BCUT2D eigenvalue weighted by atomic mass is 16.4. The number of rotatable bonds is 4. The maximum atomic E-state index is 8.70. The zero-order valence-electron chi connectivity index (χ0n) is 11.6. The lowest BCUT2D eigenvalue weighted by atomic mass is 10.1. The first kappa shape index (κ1) is 13.8. The van der Waals surface area contributed by atoms with Crippen molar-refractivity contribution in [2.75, 3.05) is 0 Å². The standard InChI is InChI=1S/C14H22N4O/c1-3-12-5-4-10(2)18(12)9-11-6-7-16-13(8-11)14(15)17-19/h6-8,10,12,19H,3-5,9H2,1-2H3,(H2,15,17). The molecular formula is C14H22N4O. The Morgan fingerprint density at radius 2 is 2.37 bits per heavy atom. The van der Waals surface area contributed by atoms with Crippen LogP contribution in [0.2, 0.25) is 0 Å². The molecule has 2 unspecified atom stereocenters. The lowest BCUT2D eigenvalue weighted by Crippen LogP contribution is -2.33. The van der Waals surface area contributed by atoms with Gasteiger partial charge in [0.1, 0.15) is 5.69 Å². The number of hydrogen-bond acceptors (Lipinski definition) is 4. The highest BCUT2D eigenvalue weighted by molar-refractivity contribution is 5.95. The van der Waals surface area contributed by atoms with Crippen LogP contribution in [0.25, 0.3) is 0 Å². The van der Waals surface area contributed by atoms with Crippen LogP contribution in [-0.2, 0) is 6.54 Å². The lowest BCUT2D eigenvalue weighted by Gasteiger charge is -2.27. The SMILES string of the molecule is CCC1CCC(C)N1Cc1ccnc(/C(N)=N/O)c1. The van der Waals surface area contributed by atoms with E-state index in [1.54, 1.807) is 6.20 Å². The molecule has 19 heavy (non-hydrogen) atoms. The van der Waals surface area contributed by atoms with Crippen LogP contribution >= 0.6 is 0 Å². The van der Waals surface area contributed by atoms with Gasteiger partial charge in [-0.2, -0.15) is 0 Å². The van der Waals surface area contributed by atoms with E-state index in [0.29, 0.717) is 17.8 Å². The van der Waals surface area contributed by atoms with E-state index in [1.807, 2.05) is 12.1 Å². The smallest absolute Gasteiger partial charge is 0.188 e. The second-order valence-electron chi connectivity index (χ2n) is 5.20. The number of oxime groups is 1. The number of aromatic nitrogens is 1. The van der Waals surface area contributed by atoms with Gasteiger partial charge >= 0.3 is 0 Å². The molecule has 0 saturated carbocycles. The number of nitrogens with two attached hydrogens (primary N) is 1. The maximum Gasteiger partial charge on any atom is 0.188 e. The summed E-state index contributed by atoms with van der Waals surface area (Å²) in [6, 6.07) is 5.17. The third-order valence-electron chi connectivity index (χ3n) is 3.98. The van der Waals surface area contributed by atoms with Gasteiger partial charge in [-0.15, -0.1) is 0 Å². The van der Waals surface area contributed by atoms with Crippen LogP contribution < -0.4 is 5.73 Å². The van der Waals surface area contributed by atoms with Crippen LogP contribution in [0.3, 0.4) is 0 Å². The third-order valence-corrected chi connectivity index (χ3v) is 3.98. The molecule has 0 bridgehead atoms. The van der Waals surface area contributed by atoms with Crippen LogP contribution in [0.4, 0.5) is 0 Å². The second-order valence-corrected chi connectivity index (χ2v) is 5.20. The van der Waals surface area contributed by atoms with Gasteiger partial charge < -0.3 is 10.9 Å². The Hall–Kier alpha value is -1.62. The van der Waals surface area contributed by atoms with Crippen LogP contribution in [0.5, 0.6) is 0 Å². The van der Waals surface area contributed by atoms with Gasteiger partial charge in [0.2, 0.25) is 0 Å². The van der Waals surface area contributed by atoms with Crippen molar-refractivity contribution in [3.63, 3.8) is 0 Å².